The lowest BCUT2D eigenvalue weighted by Gasteiger charge is -2.25. The van der Waals surface area contributed by atoms with Gasteiger partial charge in [0.15, 0.2) is 0 Å². The molecular formula is C19H18Cl2N4O6. The molecule has 0 aromatic heterocycles. The molecule has 2 N–H and O–H groups in total. The van der Waals surface area contributed by atoms with Crippen LogP contribution in [0, 0.1) is 25.6 Å². The van der Waals surface area contributed by atoms with Crippen molar-refractivity contribution in [3.8, 4) is 0 Å². The van der Waals surface area contributed by atoms with E-state index in [1.165, 1.54) is 24.3 Å². The molecule has 0 radical (unpaired) electrons. The third-order valence-corrected chi connectivity index (χ3v) is 4.73. The third-order valence-electron chi connectivity index (χ3n) is 4.25. The van der Waals surface area contributed by atoms with Gasteiger partial charge in [-0.2, -0.15) is 0 Å². The molecule has 0 aliphatic rings. The average Bonchev–Trinajstić information content (AvgIpc) is 2.69. The second-order valence-corrected chi connectivity index (χ2v) is 8.24. The second kappa shape index (κ2) is 9.71. The number of hydrogen-bond acceptors (Lipinski definition) is 6. The molecule has 0 aliphatic heterocycles. The standard InChI is InChI=1S/C19H18Cl2N4O6/c1-19(2,9-22-17(26)13-7-11(20)3-5-15(13)24(28)29)10-23-18(27)14-8-12(21)4-6-16(14)25(30)31/h3-8H,9-10H2,1-2H3,(H,22,26)(H,23,27). The van der Waals surface area contributed by atoms with E-state index in [0.717, 1.165) is 12.1 Å². The number of benzene rings is 2. The predicted molar refractivity (Wildman–Crippen MR) is 115 cm³/mol. The van der Waals surface area contributed by atoms with Crippen LogP contribution in [-0.2, 0) is 0 Å². The lowest BCUT2D eigenvalue weighted by molar-refractivity contribution is -0.385. The number of nitro benzene ring substituents is 2. The van der Waals surface area contributed by atoms with Crippen molar-refractivity contribution in [3.05, 3.63) is 77.8 Å². The van der Waals surface area contributed by atoms with E-state index in [-0.39, 0.29) is 45.6 Å². The summed E-state index contributed by atoms with van der Waals surface area (Å²) in [7, 11) is 0. The molecule has 0 saturated carbocycles. The number of hydrogen-bond donors (Lipinski definition) is 2. The number of nitrogens with zero attached hydrogens (tertiary/aromatic N) is 2. The summed E-state index contributed by atoms with van der Waals surface area (Å²) < 4.78 is 0. The minimum absolute atomic E-state index is 0.0490. The molecule has 0 aliphatic carbocycles. The van der Waals surface area contributed by atoms with E-state index < -0.39 is 27.1 Å². The number of nitrogens with one attached hydrogen (secondary N) is 2. The molecule has 2 rings (SSSR count). The van der Waals surface area contributed by atoms with Crippen LogP contribution in [0.5, 0.6) is 0 Å². The Bertz CT molecular complexity index is 976. The van der Waals surface area contributed by atoms with Crippen LogP contribution in [0.2, 0.25) is 10.0 Å². The van der Waals surface area contributed by atoms with Crippen LogP contribution >= 0.6 is 23.2 Å². The van der Waals surface area contributed by atoms with Crippen LogP contribution in [0.4, 0.5) is 11.4 Å². The molecule has 0 fully saturated rings. The van der Waals surface area contributed by atoms with E-state index in [2.05, 4.69) is 10.6 Å². The van der Waals surface area contributed by atoms with Gasteiger partial charge in [0.25, 0.3) is 23.2 Å². The first-order valence-corrected chi connectivity index (χ1v) is 9.61. The lowest BCUT2D eigenvalue weighted by Crippen LogP contribution is -2.42. The van der Waals surface area contributed by atoms with E-state index in [9.17, 15) is 29.8 Å². The normalized spacial score (nSPS) is 11.0. The molecule has 12 heteroatoms. The monoisotopic (exact) mass is 468 g/mol. The fraction of sp³-hybridized carbons (Fsp3) is 0.263. The Balaban J connectivity index is 2.05. The van der Waals surface area contributed by atoms with Gasteiger partial charge in [-0.05, 0) is 29.7 Å². The Kier molecular flexibility index (Phi) is 7.53. The average molecular weight is 469 g/mol. The van der Waals surface area contributed by atoms with E-state index in [0.29, 0.717) is 0 Å². The number of carbonyl (C=O) groups is 2. The molecule has 2 amide bonds. The fourth-order valence-electron chi connectivity index (χ4n) is 2.59. The van der Waals surface area contributed by atoms with Crippen LogP contribution in [0.15, 0.2) is 36.4 Å². The van der Waals surface area contributed by atoms with E-state index in [1.807, 2.05) is 0 Å². The number of halogens is 2. The summed E-state index contributed by atoms with van der Waals surface area (Å²) >= 11 is 11.7. The Morgan fingerprint density at radius 3 is 1.52 bits per heavy atom. The van der Waals surface area contributed by atoms with Crippen LogP contribution in [-0.4, -0.2) is 34.8 Å². The fourth-order valence-corrected chi connectivity index (χ4v) is 2.93. The first-order valence-electron chi connectivity index (χ1n) is 8.85. The molecule has 164 valence electrons. The summed E-state index contributed by atoms with van der Waals surface area (Å²) in [4.78, 5) is 45.8. The van der Waals surface area contributed by atoms with Crippen LogP contribution in [0.3, 0.4) is 0 Å². The van der Waals surface area contributed by atoms with Crippen LogP contribution in [0.25, 0.3) is 0 Å². The molecule has 0 bridgehead atoms. The van der Waals surface area contributed by atoms with Gasteiger partial charge in [-0.1, -0.05) is 37.0 Å². The first kappa shape index (κ1) is 24.0. The summed E-state index contributed by atoms with van der Waals surface area (Å²) in [5.74, 6) is -1.39. The van der Waals surface area contributed by atoms with E-state index >= 15 is 0 Å². The van der Waals surface area contributed by atoms with Gasteiger partial charge < -0.3 is 10.6 Å². The van der Waals surface area contributed by atoms with Gasteiger partial charge in [0.1, 0.15) is 11.1 Å². The number of rotatable bonds is 8. The maximum absolute atomic E-state index is 12.4. The van der Waals surface area contributed by atoms with Crippen molar-refractivity contribution in [1.29, 1.82) is 0 Å². The van der Waals surface area contributed by atoms with E-state index in [4.69, 9.17) is 23.2 Å². The van der Waals surface area contributed by atoms with Gasteiger partial charge in [-0.25, -0.2) is 0 Å². The Hall–Kier alpha value is -3.24. The largest absolute Gasteiger partial charge is 0.351 e. The highest BCUT2D eigenvalue weighted by Crippen LogP contribution is 2.24. The zero-order chi connectivity index (χ0) is 23.3. The molecule has 0 saturated heterocycles. The molecule has 0 atom stereocenters. The summed E-state index contributed by atoms with van der Waals surface area (Å²) in [5, 5.41) is 27.8. The predicted octanol–water partition coefficient (Wildman–Crippen LogP) is 4.00. The summed E-state index contributed by atoms with van der Waals surface area (Å²) in [6, 6.07) is 7.29. The maximum atomic E-state index is 12.4. The topological polar surface area (TPSA) is 144 Å². The van der Waals surface area contributed by atoms with Crippen LogP contribution in [0.1, 0.15) is 34.6 Å². The van der Waals surface area contributed by atoms with Gasteiger partial charge >= 0.3 is 0 Å². The highest BCUT2D eigenvalue weighted by molar-refractivity contribution is 6.31. The van der Waals surface area contributed by atoms with Crippen molar-refractivity contribution in [1.82, 2.24) is 10.6 Å². The minimum Gasteiger partial charge on any atom is -0.351 e. The van der Waals surface area contributed by atoms with Gasteiger partial charge in [-0.15, -0.1) is 0 Å². The molecule has 0 unspecified atom stereocenters. The third kappa shape index (κ3) is 6.37. The van der Waals surface area contributed by atoms with Crippen molar-refractivity contribution < 1.29 is 19.4 Å². The minimum atomic E-state index is -0.695. The lowest BCUT2D eigenvalue weighted by atomic mass is 9.93. The molecule has 31 heavy (non-hydrogen) atoms. The summed E-state index contributed by atoms with van der Waals surface area (Å²) in [5.41, 5.74) is -1.84. The van der Waals surface area contributed by atoms with Gasteiger partial charge in [0, 0.05) is 35.3 Å². The number of amides is 2. The number of carbonyl (C=O) groups excluding carboxylic acids is 2. The maximum Gasteiger partial charge on any atom is 0.282 e. The van der Waals surface area contributed by atoms with Gasteiger partial charge in [0.2, 0.25) is 0 Å². The van der Waals surface area contributed by atoms with Crippen LogP contribution < -0.4 is 10.6 Å². The first-order chi connectivity index (χ1) is 14.4. The van der Waals surface area contributed by atoms with Gasteiger partial charge in [0.05, 0.1) is 9.85 Å². The molecule has 2 aromatic carbocycles. The highest BCUT2D eigenvalue weighted by Gasteiger charge is 2.26. The van der Waals surface area contributed by atoms with Crippen molar-refractivity contribution in [2.45, 2.75) is 13.8 Å². The van der Waals surface area contributed by atoms with Crippen molar-refractivity contribution >= 4 is 46.4 Å². The number of nitro groups is 2. The smallest absolute Gasteiger partial charge is 0.282 e. The molecule has 0 spiro atoms. The quantitative estimate of drug-likeness (QED) is 0.442. The Labute approximate surface area is 186 Å². The van der Waals surface area contributed by atoms with Crippen molar-refractivity contribution in [3.63, 3.8) is 0 Å². The molecule has 10 nitrogen and oxygen atoms in total. The molecule has 0 heterocycles. The molecular weight excluding hydrogens is 451 g/mol. The van der Waals surface area contributed by atoms with Crippen molar-refractivity contribution in [2.75, 3.05) is 13.1 Å². The Morgan fingerprint density at radius 2 is 1.19 bits per heavy atom. The Morgan fingerprint density at radius 1 is 0.839 bits per heavy atom. The zero-order valence-electron chi connectivity index (χ0n) is 16.5. The van der Waals surface area contributed by atoms with Crippen molar-refractivity contribution in [2.24, 2.45) is 5.41 Å². The highest BCUT2D eigenvalue weighted by atomic mass is 35.5. The summed E-state index contributed by atoms with van der Waals surface area (Å²) in [6.07, 6.45) is 0. The zero-order valence-corrected chi connectivity index (χ0v) is 18.0. The van der Waals surface area contributed by atoms with Gasteiger partial charge in [-0.3, -0.25) is 29.8 Å². The molecule has 2 aromatic rings. The SMILES string of the molecule is CC(C)(CNC(=O)c1cc(Cl)ccc1[N+](=O)[O-])CNC(=O)c1cc(Cl)ccc1[N+](=O)[O-]. The second-order valence-electron chi connectivity index (χ2n) is 7.37. The summed E-state index contributed by atoms with van der Waals surface area (Å²) in [6.45, 7) is 3.56. The van der Waals surface area contributed by atoms with E-state index in [1.54, 1.807) is 13.8 Å².